The Morgan fingerprint density at radius 2 is 1.79 bits per heavy atom. The molecule has 2 heteroatoms. The van der Waals surface area contributed by atoms with Gasteiger partial charge in [0.05, 0.1) is 6.67 Å². The number of hydrogen-bond donors (Lipinski definition) is 0. The fourth-order valence-corrected chi connectivity index (χ4v) is 2.44. The highest BCUT2D eigenvalue weighted by Crippen LogP contribution is 2.25. The van der Waals surface area contributed by atoms with Crippen molar-refractivity contribution in [1.82, 2.24) is 9.80 Å². The van der Waals surface area contributed by atoms with Gasteiger partial charge in [-0.1, -0.05) is 19.3 Å². The molecule has 1 aliphatic carbocycles. The van der Waals surface area contributed by atoms with Gasteiger partial charge in [-0.25, -0.2) is 0 Å². The molecule has 0 amide bonds. The van der Waals surface area contributed by atoms with E-state index in [1.54, 1.807) is 0 Å². The molecule has 0 aromatic rings. The van der Waals surface area contributed by atoms with Crippen molar-refractivity contribution in [2.45, 2.75) is 58.0 Å². The van der Waals surface area contributed by atoms with E-state index in [1.165, 1.54) is 32.1 Å². The molecular weight excluding hydrogens is 172 g/mol. The standard InChI is InChI=1S/C12H22N2/c1-11(2)13-8-9-14(10-13)12-6-4-3-5-7-12/h8-9,11-12H,3-7,10H2,1-2H3. The van der Waals surface area contributed by atoms with Crippen LogP contribution in [-0.4, -0.2) is 28.6 Å². The first-order chi connectivity index (χ1) is 6.77. The maximum atomic E-state index is 2.53. The summed E-state index contributed by atoms with van der Waals surface area (Å²) in [6.45, 7) is 5.63. The van der Waals surface area contributed by atoms with Crippen molar-refractivity contribution in [3.8, 4) is 0 Å². The van der Waals surface area contributed by atoms with Crippen LogP contribution >= 0.6 is 0 Å². The highest BCUT2D eigenvalue weighted by molar-refractivity contribution is 4.95. The van der Waals surface area contributed by atoms with E-state index in [9.17, 15) is 0 Å². The van der Waals surface area contributed by atoms with Crippen LogP contribution in [0.1, 0.15) is 46.0 Å². The van der Waals surface area contributed by atoms with E-state index in [0.29, 0.717) is 6.04 Å². The summed E-state index contributed by atoms with van der Waals surface area (Å²) in [5, 5.41) is 0. The molecule has 0 N–H and O–H groups in total. The summed E-state index contributed by atoms with van der Waals surface area (Å²) in [4.78, 5) is 4.94. The maximum absolute atomic E-state index is 2.53. The molecule has 0 spiro atoms. The van der Waals surface area contributed by atoms with E-state index < -0.39 is 0 Å². The molecule has 1 aliphatic heterocycles. The van der Waals surface area contributed by atoms with Crippen LogP contribution in [0.15, 0.2) is 12.4 Å². The summed E-state index contributed by atoms with van der Waals surface area (Å²) >= 11 is 0. The normalized spacial score (nSPS) is 23.9. The highest BCUT2D eigenvalue weighted by Gasteiger charge is 2.23. The lowest BCUT2D eigenvalue weighted by Gasteiger charge is -2.33. The Morgan fingerprint density at radius 3 is 2.36 bits per heavy atom. The zero-order chi connectivity index (χ0) is 9.97. The number of nitrogens with zero attached hydrogens (tertiary/aromatic N) is 2. The maximum Gasteiger partial charge on any atom is 0.0899 e. The Bertz CT molecular complexity index is 204. The first-order valence-corrected chi connectivity index (χ1v) is 5.97. The molecule has 80 valence electrons. The summed E-state index contributed by atoms with van der Waals surface area (Å²) < 4.78 is 0. The SMILES string of the molecule is CC(C)N1C=CN(C2CCCCC2)C1. The number of rotatable bonds is 2. The van der Waals surface area contributed by atoms with Gasteiger partial charge >= 0.3 is 0 Å². The lowest BCUT2D eigenvalue weighted by molar-refractivity contribution is 0.160. The van der Waals surface area contributed by atoms with E-state index in [2.05, 4.69) is 36.0 Å². The first-order valence-electron chi connectivity index (χ1n) is 5.97. The van der Waals surface area contributed by atoms with Crippen LogP contribution in [0.5, 0.6) is 0 Å². The lowest BCUT2D eigenvalue weighted by Crippen LogP contribution is -2.37. The minimum Gasteiger partial charge on any atom is -0.356 e. The summed E-state index contributed by atoms with van der Waals surface area (Å²) in [6.07, 6.45) is 11.6. The molecule has 2 nitrogen and oxygen atoms in total. The van der Waals surface area contributed by atoms with Gasteiger partial charge in [-0.15, -0.1) is 0 Å². The van der Waals surface area contributed by atoms with Gasteiger partial charge in [0.2, 0.25) is 0 Å². The van der Waals surface area contributed by atoms with E-state index in [-0.39, 0.29) is 0 Å². The monoisotopic (exact) mass is 194 g/mol. The fraction of sp³-hybridized carbons (Fsp3) is 0.833. The summed E-state index contributed by atoms with van der Waals surface area (Å²) in [5.74, 6) is 0. The van der Waals surface area contributed by atoms with Crippen molar-refractivity contribution in [3.05, 3.63) is 12.4 Å². The summed E-state index contributed by atoms with van der Waals surface area (Å²) in [5.41, 5.74) is 0. The van der Waals surface area contributed by atoms with Crippen molar-refractivity contribution in [2.24, 2.45) is 0 Å². The second-order valence-electron chi connectivity index (χ2n) is 4.85. The molecule has 1 saturated carbocycles. The molecule has 0 aromatic heterocycles. The molecule has 0 radical (unpaired) electrons. The smallest absolute Gasteiger partial charge is 0.0899 e. The van der Waals surface area contributed by atoms with Crippen molar-refractivity contribution in [2.75, 3.05) is 6.67 Å². The predicted molar refractivity (Wildman–Crippen MR) is 59.7 cm³/mol. The molecule has 14 heavy (non-hydrogen) atoms. The molecule has 0 aromatic carbocycles. The molecule has 1 heterocycles. The van der Waals surface area contributed by atoms with Gasteiger partial charge < -0.3 is 9.80 Å². The van der Waals surface area contributed by atoms with Crippen LogP contribution in [0.25, 0.3) is 0 Å². The van der Waals surface area contributed by atoms with Crippen molar-refractivity contribution in [3.63, 3.8) is 0 Å². The van der Waals surface area contributed by atoms with Gasteiger partial charge in [-0.2, -0.15) is 0 Å². The number of hydrogen-bond acceptors (Lipinski definition) is 2. The minimum atomic E-state index is 0.639. The molecule has 0 unspecified atom stereocenters. The Kier molecular flexibility index (Phi) is 2.99. The van der Waals surface area contributed by atoms with Gasteiger partial charge in [0.15, 0.2) is 0 Å². The van der Waals surface area contributed by atoms with Gasteiger partial charge in [-0.3, -0.25) is 0 Å². The highest BCUT2D eigenvalue weighted by atomic mass is 15.4. The summed E-state index contributed by atoms with van der Waals surface area (Å²) in [7, 11) is 0. The van der Waals surface area contributed by atoms with E-state index in [0.717, 1.165) is 12.7 Å². The van der Waals surface area contributed by atoms with Crippen LogP contribution in [-0.2, 0) is 0 Å². The van der Waals surface area contributed by atoms with Gasteiger partial charge in [0.25, 0.3) is 0 Å². The van der Waals surface area contributed by atoms with Crippen LogP contribution in [0.3, 0.4) is 0 Å². The van der Waals surface area contributed by atoms with Crippen LogP contribution < -0.4 is 0 Å². The Hall–Kier alpha value is -0.660. The third kappa shape index (κ3) is 2.05. The molecule has 0 bridgehead atoms. The zero-order valence-electron chi connectivity index (χ0n) is 9.45. The van der Waals surface area contributed by atoms with E-state index >= 15 is 0 Å². The molecule has 0 atom stereocenters. The fourth-order valence-electron chi connectivity index (χ4n) is 2.44. The van der Waals surface area contributed by atoms with Gasteiger partial charge in [0.1, 0.15) is 0 Å². The second-order valence-corrected chi connectivity index (χ2v) is 4.85. The van der Waals surface area contributed by atoms with Crippen LogP contribution in [0.4, 0.5) is 0 Å². The molecular formula is C12H22N2. The van der Waals surface area contributed by atoms with E-state index in [4.69, 9.17) is 0 Å². The third-order valence-electron chi connectivity index (χ3n) is 3.48. The predicted octanol–water partition coefficient (Wildman–Crippen LogP) is 2.77. The average Bonchev–Trinajstić information content (AvgIpc) is 2.68. The lowest BCUT2D eigenvalue weighted by atomic mass is 9.95. The Balaban J connectivity index is 1.86. The largest absolute Gasteiger partial charge is 0.356 e. The summed E-state index contributed by atoms with van der Waals surface area (Å²) in [6, 6.07) is 1.46. The topological polar surface area (TPSA) is 6.48 Å². The zero-order valence-corrected chi connectivity index (χ0v) is 9.45. The van der Waals surface area contributed by atoms with Crippen molar-refractivity contribution >= 4 is 0 Å². The molecule has 2 rings (SSSR count). The Labute approximate surface area is 87.6 Å². The Morgan fingerprint density at radius 1 is 1.07 bits per heavy atom. The molecule has 2 aliphatic rings. The first kappa shape index (κ1) is 9.88. The molecule has 0 saturated heterocycles. The molecule has 1 fully saturated rings. The minimum absolute atomic E-state index is 0.639. The third-order valence-corrected chi connectivity index (χ3v) is 3.48. The van der Waals surface area contributed by atoms with E-state index in [1.807, 2.05) is 0 Å². The van der Waals surface area contributed by atoms with Gasteiger partial charge in [-0.05, 0) is 26.7 Å². The van der Waals surface area contributed by atoms with Crippen molar-refractivity contribution in [1.29, 1.82) is 0 Å². The second kappa shape index (κ2) is 4.24. The average molecular weight is 194 g/mol. The van der Waals surface area contributed by atoms with Gasteiger partial charge in [0, 0.05) is 24.5 Å². The quantitative estimate of drug-likeness (QED) is 0.667. The van der Waals surface area contributed by atoms with Crippen LogP contribution in [0, 0.1) is 0 Å². The van der Waals surface area contributed by atoms with Crippen molar-refractivity contribution < 1.29 is 0 Å². The van der Waals surface area contributed by atoms with Crippen LogP contribution in [0.2, 0.25) is 0 Å².